The van der Waals surface area contributed by atoms with Crippen LogP contribution < -0.4 is 0 Å². The van der Waals surface area contributed by atoms with Crippen LogP contribution in [-0.4, -0.2) is 75.8 Å². The number of carbonyl (C=O) groups excluding carboxylic acids is 2. The number of morpholine rings is 1. The number of ether oxygens (including phenoxy) is 1. The molecule has 1 amide bonds. The summed E-state index contributed by atoms with van der Waals surface area (Å²) in [6, 6.07) is 2.65. The zero-order valence-corrected chi connectivity index (χ0v) is 17.4. The minimum Gasteiger partial charge on any atom is -0.507 e. The van der Waals surface area contributed by atoms with Gasteiger partial charge in [0.1, 0.15) is 17.6 Å². The average Bonchev–Trinajstić information content (AvgIpc) is 3.41. The van der Waals surface area contributed by atoms with Crippen LogP contribution in [0.5, 0.6) is 0 Å². The minimum absolute atomic E-state index is 0.0381. The molecule has 2 aliphatic heterocycles. The Balaban J connectivity index is 1.74. The molecule has 0 radical (unpaired) electrons. The van der Waals surface area contributed by atoms with Crippen LogP contribution in [0.1, 0.15) is 28.8 Å². The Labute approximate surface area is 174 Å². The van der Waals surface area contributed by atoms with Crippen molar-refractivity contribution in [3.8, 4) is 0 Å². The molecule has 2 aliphatic rings. The molecule has 160 valence electrons. The first-order chi connectivity index (χ1) is 14.4. The number of ketones is 1. The van der Waals surface area contributed by atoms with Crippen LogP contribution in [0.2, 0.25) is 0 Å². The third-order valence-electron chi connectivity index (χ3n) is 5.86. The average molecular weight is 414 g/mol. The standard InChI is InChI=1S/C21H26N4O5/c1-13-16(14(2)23(3)22-13)19(26)17-18(15-5-4-10-30-15)25(21(28)20(17)27)7-6-24-8-11-29-12-9-24/h4-5,10,18,26H,6-9,11-12H2,1-3H3/t18-/m1/s1. The third-order valence-corrected chi connectivity index (χ3v) is 5.86. The molecule has 1 atom stereocenters. The number of likely N-dealkylation sites (tertiary alicyclic amines) is 1. The smallest absolute Gasteiger partial charge is 0.295 e. The maximum atomic E-state index is 13.0. The highest BCUT2D eigenvalue weighted by atomic mass is 16.5. The van der Waals surface area contributed by atoms with Crippen LogP contribution in [-0.2, 0) is 21.4 Å². The van der Waals surface area contributed by atoms with Crippen LogP contribution in [0.4, 0.5) is 0 Å². The summed E-state index contributed by atoms with van der Waals surface area (Å²) in [7, 11) is 1.77. The van der Waals surface area contributed by atoms with E-state index in [1.54, 1.807) is 30.8 Å². The molecule has 2 aromatic rings. The predicted octanol–water partition coefficient (Wildman–Crippen LogP) is 1.38. The number of aromatic nitrogens is 2. The first-order valence-electron chi connectivity index (χ1n) is 10.0. The Morgan fingerprint density at radius 1 is 1.23 bits per heavy atom. The number of nitrogens with zero attached hydrogens (tertiary/aromatic N) is 4. The Hall–Kier alpha value is -2.91. The summed E-state index contributed by atoms with van der Waals surface area (Å²) in [4.78, 5) is 29.6. The molecule has 30 heavy (non-hydrogen) atoms. The second-order valence-electron chi connectivity index (χ2n) is 7.63. The number of rotatable bonds is 5. The van der Waals surface area contributed by atoms with E-state index in [0.29, 0.717) is 49.0 Å². The quantitative estimate of drug-likeness (QED) is 0.448. The molecule has 0 aliphatic carbocycles. The summed E-state index contributed by atoms with van der Waals surface area (Å²) < 4.78 is 12.6. The zero-order valence-electron chi connectivity index (χ0n) is 17.4. The van der Waals surface area contributed by atoms with Gasteiger partial charge >= 0.3 is 0 Å². The van der Waals surface area contributed by atoms with Gasteiger partial charge in [0.2, 0.25) is 0 Å². The molecule has 0 spiro atoms. The van der Waals surface area contributed by atoms with E-state index in [2.05, 4.69) is 10.00 Å². The highest BCUT2D eigenvalue weighted by Crippen LogP contribution is 2.40. The second-order valence-corrected chi connectivity index (χ2v) is 7.63. The summed E-state index contributed by atoms with van der Waals surface area (Å²) in [5.74, 6) is -1.12. The number of aliphatic hydroxyl groups excluding tert-OH is 1. The largest absolute Gasteiger partial charge is 0.507 e. The van der Waals surface area contributed by atoms with E-state index in [-0.39, 0.29) is 11.3 Å². The molecule has 9 heteroatoms. The van der Waals surface area contributed by atoms with E-state index in [4.69, 9.17) is 9.15 Å². The van der Waals surface area contributed by atoms with E-state index in [0.717, 1.165) is 13.1 Å². The van der Waals surface area contributed by atoms with Crippen LogP contribution in [0.3, 0.4) is 0 Å². The van der Waals surface area contributed by atoms with Gasteiger partial charge in [-0.1, -0.05) is 0 Å². The van der Waals surface area contributed by atoms with Crippen molar-refractivity contribution in [2.45, 2.75) is 19.9 Å². The minimum atomic E-state index is -0.778. The van der Waals surface area contributed by atoms with Gasteiger partial charge in [-0.2, -0.15) is 5.10 Å². The van der Waals surface area contributed by atoms with Crippen LogP contribution >= 0.6 is 0 Å². The fourth-order valence-corrected chi connectivity index (χ4v) is 4.18. The lowest BCUT2D eigenvalue weighted by atomic mass is 9.98. The van der Waals surface area contributed by atoms with Gasteiger partial charge in [0, 0.05) is 38.9 Å². The summed E-state index contributed by atoms with van der Waals surface area (Å²) in [5.41, 5.74) is 1.81. The van der Waals surface area contributed by atoms with Crippen molar-refractivity contribution in [3.63, 3.8) is 0 Å². The van der Waals surface area contributed by atoms with Crippen molar-refractivity contribution in [3.05, 3.63) is 46.7 Å². The molecule has 4 rings (SSSR count). The molecule has 0 saturated carbocycles. The van der Waals surface area contributed by atoms with Gasteiger partial charge < -0.3 is 19.2 Å². The molecule has 2 saturated heterocycles. The van der Waals surface area contributed by atoms with Crippen molar-refractivity contribution in [1.29, 1.82) is 0 Å². The first kappa shape index (κ1) is 20.4. The number of carbonyl (C=O) groups is 2. The van der Waals surface area contributed by atoms with Gasteiger partial charge in [-0.25, -0.2) is 0 Å². The lowest BCUT2D eigenvalue weighted by Crippen LogP contribution is -2.42. The molecular formula is C21H26N4O5. The number of furan rings is 1. The highest BCUT2D eigenvalue weighted by Gasteiger charge is 2.47. The summed E-state index contributed by atoms with van der Waals surface area (Å²) in [6.07, 6.45) is 1.50. The fraction of sp³-hybridized carbons (Fsp3) is 0.476. The fourth-order valence-electron chi connectivity index (χ4n) is 4.18. The topological polar surface area (TPSA) is 101 Å². The van der Waals surface area contributed by atoms with Crippen LogP contribution in [0.25, 0.3) is 5.76 Å². The lowest BCUT2D eigenvalue weighted by molar-refractivity contribution is -0.140. The van der Waals surface area contributed by atoms with Crippen LogP contribution in [0.15, 0.2) is 28.4 Å². The number of hydrogen-bond acceptors (Lipinski definition) is 7. The zero-order chi connectivity index (χ0) is 21.4. The van der Waals surface area contributed by atoms with Gasteiger partial charge in [0.05, 0.1) is 36.3 Å². The number of aliphatic hydroxyl groups is 1. The van der Waals surface area contributed by atoms with Gasteiger partial charge in [-0.15, -0.1) is 0 Å². The van der Waals surface area contributed by atoms with Crippen molar-refractivity contribution >= 4 is 17.4 Å². The van der Waals surface area contributed by atoms with Gasteiger partial charge in [-0.05, 0) is 26.0 Å². The molecule has 2 fully saturated rings. The van der Waals surface area contributed by atoms with Crippen LogP contribution in [0, 0.1) is 13.8 Å². The molecule has 4 heterocycles. The van der Waals surface area contributed by atoms with E-state index >= 15 is 0 Å². The Kier molecular flexibility index (Phi) is 5.48. The van der Waals surface area contributed by atoms with Crippen molar-refractivity contribution in [1.82, 2.24) is 19.6 Å². The van der Waals surface area contributed by atoms with Crippen molar-refractivity contribution < 1.29 is 23.8 Å². The van der Waals surface area contributed by atoms with E-state index in [1.165, 1.54) is 11.2 Å². The molecule has 0 unspecified atom stereocenters. The second kappa shape index (κ2) is 8.08. The van der Waals surface area contributed by atoms with Crippen molar-refractivity contribution in [2.24, 2.45) is 7.05 Å². The number of hydrogen-bond donors (Lipinski definition) is 1. The van der Waals surface area contributed by atoms with Gasteiger partial charge in [-0.3, -0.25) is 19.2 Å². The molecule has 0 bridgehead atoms. The van der Waals surface area contributed by atoms with E-state index in [9.17, 15) is 14.7 Å². The number of aryl methyl sites for hydroxylation is 2. The molecule has 0 aromatic carbocycles. The monoisotopic (exact) mass is 414 g/mol. The normalized spacial score (nSPS) is 22.2. The molecular weight excluding hydrogens is 388 g/mol. The summed E-state index contributed by atoms with van der Waals surface area (Å²) in [6.45, 7) is 7.40. The maximum absolute atomic E-state index is 13.0. The Morgan fingerprint density at radius 2 is 1.97 bits per heavy atom. The maximum Gasteiger partial charge on any atom is 0.295 e. The van der Waals surface area contributed by atoms with E-state index in [1.807, 2.05) is 6.92 Å². The number of amides is 1. The van der Waals surface area contributed by atoms with Crippen molar-refractivity contribution in [2.75, 3.05) is 39.4 Å². The number of Topliss-reactive ketones (excluding diaryl/α,β-unsaturated/α-hetero) is 1. The predicted molar refractivity (Wildman–Crippen MR) is 108 cm³/mol. The first-order valence-corrected chi connectivity index (χ1v) is 10.0. The van der Waals surface area contributed by atoms with Gasteiger partial charge in [0.25, 0.3) is 11.7 Å². The van der Waals surface area contributed by atoms with Gasteiger partial charge in [0.15, 0.2) is 0 Å². The Morgan fingerprint density at radius 3 is 2.57 bits per heavy atom. The Bertz CT molecular complexity index is 985. The molecule has 1 N–H and O–H groups in total. The lowest BCUT2D eigenvalue weighted by Gasteiger charge is -2.30. The SMILES string of the molecule is Cc1nn(C)c(C)c1C(O)=C1C(=O)C(=O)N(CCN2CCOCC2)[C@@H]1c1ccco1. The summed E-state index contributed by atoms with van der Waals surface area (Å²) in [5, 5.41) is 15.5. The molecule has 9 nitrogen and oxygen atoms in total. The molecule has 2 aromatic heterocycles. The summed E-state index contributed by atoms with van der Waals surface area (Å²) >= 11 is 0. The third kappa shape index (κ3) is 3.44. The van der Waals surface area contributed by atoms with E-state index < -0.39 is 17.7 Å². The highest BCUT2D eigenvalue weighted by molar-refractivity contribution is 6.46.